The molecule has 0 aromatic heterocycles. The highest BCUT2D eigenvalue weighted by molar-refractivity contribution is 7.92. The van der Waals surface area contributed by atoms with Crippen LogP contribution >= 0.6 is 0 Å². The second-order valence-electron chi connectivity index (χ2n) is 9.67. The second-order valence-corrected chi connectivity index (χ2v) is 11.6. The van der Waals surface area contributed by atoms with E-state index in [1.807, 2.05) is 0 Å². The third-order valence-electron chi connectivity index (χ3n) is 5.50. The van der Waals surface area contributed by atoms with Crippen molar-refractivity contribution in [3.8, 4) is 11.5 Å². The highest BCUT2D eigenvalue weighted by atomic mass is 32.2. The van der Waals surface area contributed by atoms with Crippen LogP contribution in [-0.4, -0.2) is 68.7 Å². The number of hydrogen-bond donors (Lipinski definition) is 1. The average Bonchev–Trinajstić information content (AvgIpc) is 2.83. The SMILES string of the molecule is COc1ccc(CN(C(=O)CN(c2cc([N+](=O)[O-])ccc2OC)S(C)(=O)=O)C(C)C(=O)NC(C)(C)C)cc1. The van der Waals surface area contributed by atoms with Crippen molar-refractivity contribution in [3.05, 3.63) is 58.1 Å². The number of carbonyl (C=O) groups is 2. The molecule has 0 aliphatic heterocycles. The molecule has 2 amide bonds. The van der Waals surface area contributed by atoms with Gasteiger partial charge in [-0.15, -0.1) is 0 Å². The maximum Gasteiger partial charge on any atom is 0.271 e. The highest BCUT2D eigenvalue weighted by Gasteiger charge is 2.33. The zero-order valence-electron chi connectivity index (χ0n) is 22.5. The van der Waals surface area contributed by atoms with Gasteiger partial charge in [0.05, 0.1) is 25.4 Å². The smallest absolute Gasteiger partial charge is 0.271 e. The Morgan fingerprint density at radius 2 is 1.68 bits per heavy atom. The minimum absolute atomic E-state index is 0.00870. The molecule has 0 radical (unpaired) electrons. The molecule has 0 aliphatic rings. The molecule has 1 unspecified atom stereocenters. The summed E-state index contributed by atoms with van der Waals surface area (Å²) in [5.41, 5.74) is -0.452. The van der Waals surface area contributed by atoms with E-state index in [1.165, 1.54) is 31.3 Å². The number of anilines is 1. The first-order valence-corrected chi connectivity index (χ1v) is 13.5. The number of nitrogens with zero attached hydrogens (tertiary/aromatic N) is 3. The van der Waals surface area contributed by atoms with E-state index < -0.39 is 44.9 Å². The fourth-order valence-electron chi connectivity index (χ4n) is 3.57. The topological polar surface area (TPSA) is 148 Å². The summed E-state index contributed by atoms with van der Waals surface area (Å²) in [5.74, 6) is -0.505. The van der Waals surface area contributed by atoms with E-state index in [2.05, 4.69) is 5.32 Å². The molecule has 1 atom stereocenters. The lowest BCUT2D eigenvalue weighted by Crippen LogP contribution is -2.54. The van der Waals surface area contributed by atoms with Crippen LogP contribution in [0, 0.1) is 10.1 Å². The largest absolute Gasteiger partial charge is 0.497 e. The Balaban J connectivity index is 2.52. The predicted molar refractivity (Wildman–Crippen MR) is 143 cm³/mol. The van der Waals surface area contributed by atoms with Crippen LogP contribution in [0.1, 0.15) is 33.3 Å². The molecule has 38 heavy (non-hydrogen) atoms. The summed E-state index contributed by atoms with van der Waals surface area (Å²) in [7, 11) is -1.31. The van der Waals surface area contributed by atoms with Crippen LogP contribution in [0.4, 0.5) is 11.4 Å². The van der Waals surface area contributed by atoms with E-state index in [0.29, 0.717) is 11.3 Å². The van der Waals surface area contributed by atoms with Gasteiger partial charge in [0.15, 0.2) is 0 Å². The van der Waals surface area contributed by atoms with E-state index in [4.69, 9.17) is 9.47 Å². The zero-order chi connectivity index (χ0) is 28.8. The molecular formula is C25H34N4O8S. The van der Waals surface area contributed by atoms with Crippen molar-refractivity contribution >= 4 is 33.2 Å². The Hall–Kier alpha value is -3.87. The lowest BCUT2D eigenvalue weighted by molar-refractivity contribution is -0.384. The molecule has 2 aromatic rings. The minimum atomic E-state index is -4.11. The zero-order valence-corrected chi connectivity index (χ0v) is 23.4. The van der Waals surface area contributed by atoms with Crippen LogP contribution in [0.3, 0.4) is 0 Å². The maximum absolute atomic E-state index is 13.7. The van der Waals surface area contributed by atoms with Crippen LogP contribution in [0.2, 0.25) is 0 Å². The standard InChI is InChI=1S/C25H34N4O8S/c1-17(24(31)26-25(2,3)4)27(15-18-8-11-20(36-5)12-9-18)23(30)16-28(38(7,34)35)21-14-19(29(32)33)10-13-22(21)37-6/h8-14,17H,15-16H2,1-7H3,(H,26,31). The number of ether oxygens (including phenoxy) is 2. The molecule has 0 aliphatic carbocycles. The Bertz CT molecular complexity index is 1270. The van der Waals surface area contributed by atoms with Gasteiger partial charge in [0.2, 0.25) is 21.8 Å². The van der Waals surface area contributed by atoms with Gasteiger partial charge in [-0.1, -0.05) is 12.1 Å². The Morgan fingerprint density at radius 1 is 1.08 bits per heavy atom. The lowest BCUT2D eigenvalue weighted by Gasteiger charge is -2.33. The van der Waals surface area contributed by atoms with Gasteiger partial charge in [0, 0.05) is 24.2 Å². The molecule has 208 valence electrons. The van der Waals surface area contributed by atoms with Crippen molar-refractivity contribution in [1.82, 2.24) is 10.2 Å². The minimum Gasteiger partial charge on any atom is -0.497 e. The molecule has 0 saturated carbocycles. The summed E-state index contributed by atoms with van der Waals surface area (Å²) in [4.78, 5) is 38.6. The highest BCUT2D eigenvalue weighted by Crippen LogP contribution is 2.34. The number of carbonyl (C=O) groups excluding carboxylic acids is 2. The summed E-state index contributed by atoms with van der Waals surface area (Å²) in [6, 6.07) is 9.33. The normalized spacial score (nSPS) is 12.3. The molecule has 12 nitrogen and oxygen atoms in total. The summed E-state index contributed by atoms with van der Waals surface area (Å²) >= 11 is 0. The maximum atomic E-state index is 13.7. The van der Waals surface area contributed by atoms with E-state index in [0.717, 1.165) is 16.6 Å². The van der Waals surface area contributed by atoms with Crippen molar-refractivity contribution in [2.75, 3.05) is 31.3 Å². The second kappa shape index (κ2) is 12.1. The predicted octanol–water partition coefficient (Wildman–Crippen LogP) is 2.71. The van der Waals surface area contributed by atoms with Gasteiger partial charge in [0.25, 0.3) is 5.69 Å². The monoisotopic (exact) mass is 550 g/mol. The molecule has 2 rings (SSSR count). The number of methoxy groups -OCH3 is 2. The van der Waals surface area contributed by atoms with Crippen LogP contribution in [0.5, 0.6) is 11.5 Å². The first-order chi connectivity index (χ1) is 17.6. The molecule has 13 heteroatoms. The molecule has 0 spiro atoms. The molecule has 0 heterocycles. The lowest BCUT2D eigenvalue weighted by atomic mass is 10.1. The number of amides is 2. The van der Waals surface area contributed by atoms with Crippen LogP contribution < -0.4 is 19.1 Å². The first kappa shape index (κ1) is 30.4. The fraction of sp³-hybridized carbons (Fsp3) is 0.440. The Labute approximate surface area is 222 Å². The molecule has 0 fully saturated rings. The van der Waals surface area contributed by atoms with Gasteiger partial charge in [-0.05, 0) is 51.5 Å². The quantitative estimate of drug-likeness (QED) is 0.332. The van der Waals surface area contributed by atoms with Crippen molar-refractivity contribution in [1.29, 1.82) is 0 Å². The molecule has 2 aromatic carbocycles. The van der Waals surface area contributed by atoms with Crippen molar-refractivity contribution < 1.29 is 32.4 Å². The third kappa shape index (κ3) is 8.07. The van der Waals surface area contributed by atoms with Crippen molar-refractivity contribution in [2.24, 2.45) is 0 Å². The molecule has 0 saturated heterocycles. The number of hydrogen-bond acceptors (Lipinski definition) is 8. The third-order valence-corrected chi connectivity index (χ3v) is 6.63. The number of sulfonamides is 1. The van der Waals surface area contributed by atoms with Crippen molar-refractivity contribution in [2.45, 2.75) is 45.8 Å². The molecular weight excluding hydrogens is 516 g/mol. The Kier molecular flexibility index (Phi) is 9.68. The fourth-order valence-corrected chi connectivity index (χ4v) is 4.41. The van der Waals surface area contributed by atoms with Gasteiger partial charge in [-0.2, -0.15) is 0 Å². The van der Waals surface area contributed by atoms with Gasteiger partial charge >= 0.3 is 0 Å². The first-order valence-electron chi connectivity index (χ1n) is 11.6. The van der Waals surface area contributed by atoms with Gasteiger partial charge in [-0.25, -0.2) is 8.42 Å². The van der Waals surface area contributed by atoms with Gasteiger partial charge in [-0.3, -0.25) is 24.0 Å². The number of nitrogens with one attached hydrogen (secondary N) is 1. The number of rotatable bonds is 11. The van der Waals surface area contributed by atoms with Crippen LogP contribution in [0.15, 0.2) is 42.5 Å². The van der Waals surface area contributed by atoms with Crippen molar-refractivity contribution in [3.63, 3.8) is 0 Å². The van der Waals surface area contributed by atoms with E-state index in [1.54, 1.807) is 52.0 Å². The number of benzene rings is 2. The van der Waals surface area contributed by atoms with Crippen LogP contribution in [0.25, 0.3) is 0 Å². The number of nitro benzene ring substituents is 1. The molecule has 1 N–H and O–H groups in total. The summed E-state index contributed by atoms with van der Waals surface area (Å²) < 4.78 is 36.7. The van der Waals surface area contributed by atoms with Gasteiger partial charge in [0.1, 0.15) is 29.8 Å². The Morgan fingerprint density at radius 3 is 2.16 bits per heavy atom. The molecule has 0 bridgehead atoms. The average molecular weight is 551 g/mol. The summed E-state index contributed by atoms with van der Waals surface area (Å²) in [6.07, 6.45) is 0.877. The van der Waals surface area contributed by atoms with E-state index >= 15 is 0 Å². The van der Waals surface area contributed by atoms with E-state index in [9.17, 15) is 28.1 Å². The van der Waals surface area contributed by atoms with Crippen LogP contribution in [-0.2, 0) is 26.2 Å². The summed E-state index contributed by atoms with van der Waals surface area (Å²) in [5, 5.41) is 14.2. The van der Waals surface area contributed by atoms with Gasteiger partial charge < -0.3 is 19.7 Å². The number of nitro groups is 1. The van der Waals surface area contributed by atoms with E-state index in [-0.39, 0.29) is 23.7 Å². The summed E-state index contributed by atoms with van der Waals surface area (Å²) in [6.45, 7) is 6.21. The number of non-ortho nitro benzene ring substituents is 1.